The van der Waals surface area contributed by atoms with Crippen molar-refractivity contribution >= 4 is 29.4 Å². The summed E-state index contributed by atoms with van der Waals surface area (Å²) in [5, 5.41) is 41.3. The number of carboxylic acid groups (broad SMARTS) is 1. The van der Waals surface area contributed by atoms with Gasteiger partial charge in [-0.05, 0) is 31.2 Å². The summed E-state index contributed by atoms with van der Waals surface area (Å²) in [5.74, 6) is -3.72. The molecule has 0 spiro atoms. The largest absolute Gasteiger partial charge is 0.504 e. The zero-order valence-corrected chi connectivity index (χ0v) is 18.6. The maximum atomic E-state index is 12.4. The number of phenolic OH excluding ortho intramolecular Hbond substituents is 2. The monoisotopic (exact) mass is 467 g/mol. The minimum absolute atomic E-state index is 0.0270. The summed E-state index contributed by atoms with van der Waals surface area (Å²) in [5.41, 5.74) is 0.870. The molecule has 2 amide bonds. The molecule has 0 aliphatic carbocycles. The molecule has 174 valence electrons. The average Bonchev–Trinajstić information content (AvgIpc) is 2.94. The van der Waals surface area contributed by atoms with E-state index in [-0.39, 0.29) is 47.9 Å². The molecule has 11 heteroatoms. The number of nitrogens with one attached hydrogen (secondary N) is 1. The molecule has 1 fully saturated rings. The number of aromatic hydroxyl groups is 2. The molecule has 0 unspecified atom stereocenters. The molecule has 3 rings (SSSR count). The van der Waals surface area contributed by atoms with E-state index in [2.05, 4.69) is 5.32 Å². The number of benzene rings is 1. The van der Waals surface area contributed by atoms with Crippen LogP contribution >= 0.6 is 11.6 Å². The van der Waals surface area contributed by atoms with Crippen LogP contribution in [0.3, 0.4) is 0 Å². The Hall–Kier alpha value is -2.82. The molecule has 4 atom stereocenters. The van der Waals surface area contributed by atoms with Gasteiger partial charge in [0.05, 0.1) is 29.6 Å². The number of phenols is 2. The van der Waals surface area contributed by atoms with Gasteiger partial charge in [0.25, 0.3) is 0 Å². The van der Waals surface area contributed by atoms with Gasteiger partial charge < -0.3 is 30.6 Å². The average molecular weight is 468 g/mol. The first-order valence-corrected chi connectivity index (χ1v) is 10.5. The second-order valence-electron chi connectivity index (χ2n) is 8.29. The molecule has 1 aromatic rings. The Morgan fingerprint density at radius 1 is 1.31 bits per heavy atom. The smallest absolute Gasteiger partial charge is 0.352 e. The number of β-lactam (4-membered cyclic amide) rings is 1. The Labute approximate surface area is 189 Å². The number of carboxylic acids is 1. The minimum atomic E-state index is -1.22. The van der Waals surface area contributed by atoms with E-state index < -0.39 is 35.7 Å². The van der Waals surface area contributed by atoms with Crippen molar-refractivity contribution in [3.05, 3.63) is 34.0 Å². The maximum absolute atomic E-state index is 12.4. The number of likely N-dealkylation sites (N-methyl/N-ethyl adjacent to an activating group) is 1. The third-order valence-corrected chi connectivity index (χ3v) is 6.44. The van der Waals surface area contributed by atoms with Crippen molar-refractivity contribution in [1.29, 1.82) is 0 Å². The number of nitrogens with zero attached hydrogens (tertiary/aromatic N) is 2. The number of carbonyl (C=O) groups is 3. The van der Waals surface area contributed by atoms with Crippen molar-refractivity contribution in [3.63, 3.8) is 0 Å². The van der Waals surface area contributed by atoms with Crippen LogP contribution in [0.25, 0.3) is 0 Å². The van der Waals surface area contributed by atoms with Crippen LogP contribution in [-0.4, -0.2) is 80.3 Å². The van der Waals surface area contributed by atoms with Gasteiger partial charge in [0.15, 0.2) is 11.5 Å². The summed E-state index contributed by atoms with van der Waals surface area (Å²) in [6, 6.07) is 2.34. The fourth-order valence-electron chi connectivity index (χ4n) is 4.43. The van der Waals surface area contributed by atoms with Crippen LogP contribution in [0.2, 0.25) is 5.02 Å². The molecule has 2 aliphatic rings. The first kappa shape index (κ1) is 23.8. The lowest BCUT2D eigenvalue weighted by Crippen LogP contribution is -2.63. The van der Waals surface area contributed by atoms with Crippen LogP contribution in [0.5, 0.6) is 11.5 Å². The quantitative estimate of drug-likeness (QED) is 0.274. The predicted octanol–water partition coefficient (Wildman–Crippen LogP) is 0.495. The number of amides is 2. The lowest BCUT2D eigenvalue weighted by atomic mass is 9.77. The van der Waals surface area contributed by atoms with Crippen LogP contribution in [0, 0.1) is 11.8 Å². The number of carbonyl (C=O) groups excluding carboxylic acids is 2. The highest BCUT2D eigenvalue weighted by molar-refractivity contribution is 6.33. The first-order valence-electron chi connectivity index (χ1n) is 10.1. The number of aliphatic hydroxyl groups excluding tert-OH is 1. The number of fused-ring (bicyclic) bond motifs is 1. The normalized spacial score (nSPS) is 23.2. The van der Waals surface area contributed by atoms with Crippen molar-refractivity contribution in [2.24, 2.45) is 11.8 Å². The Bertz CT molecular complexity index is 994. The second kappa shape index (κ2) is 8.97. The first-order chi connectivity index (χ1) is 15.0. The summed E-state index contributed by atoms with van der Waals surface area (Å²) in [6.45, 7) is 3.46. The van der Waals surface area contributed by atoms with E-state index in [0.717, 1.165) is 0 Å². The highest BCUT2D eigenvalue weighted by Gasteiger charge is 2.59. The summed E-state index contributed by atoms with van der Waals surface area (Å²) >= 11 is 5.96. The van der Waals surface area contributed by atoms with Crippen LogP contribution < -0.4 is 5.32 Å². The molecular formula is C21H26ClN3O7. The molecule has 32 heavy (non-hydrogen) atoms. The van der Waals surface area contributed by atoms with Gasteiger partial charge in [0.2, 0.25) is 11.8 Å². The molecule has 2 aliphatic heterocycles. The third-order valence-electron chi connectivity index (χ3n) is 6.02. The summed E-state index contributed by atoms with van der Waals surface area (Å²) in [4.78, 5) is 39.5. The molecule has 1 saturated heterocycles. The van der Waals surface area contributed by atoms with Crippen molar-refractivity contribution in [1.82, 2.24) is 15.1 Å². The summed E-state index contributed by atoms with van der Waals surface area (Å²) < 4.78 is 0. The van der Waals surface area contributed by atoms with Gasteiger partial charge in [-0.15, -0.1) is 0 Å². The van der Waals surface area contributed by atoms with Crippen molar-refractivity contribution < 1.29 is 34.8 Å². The van der Waals surface area contributed by atoms with E-state index in [1.807, 2.05) is 6.92 Å². The molecule has 0 saturated carbocycles. The fraction of sp³-hybridized carbons (Fsp3) is 0.476. The zero-order chi connectivity index (χ0) is 23.9. The van der Waals surface area contributed by atoms with Gasteiger partial charge in [0.1, 0.15) is 5.70 Å². The Kier molecular flexibility index (Phi) is 6.68. The molecule has 0 bridgehead atoms. The van der Waals surface area contributed by atoms with E-state index >= 15 is 0 Å². The van der Waals surface area contributed by atoms with Gasteiger partial charge in [-0.3, -0.25) is 14.5 Å². The Balaban J connectivity index is 1.64. The maximum Gasteiger partial charge on any atom is 0.352 e. The van der Waals surface area contributed by atoms with Crippen molar-refractivity contribution in [2.75, 3.05) is 20.1 Å². The number of hydrogen-bond acceptors (Lipinski definition) is 7. The molecule has 2 heterocycles. The lowest BCUT2D eigenvalue weighted by Gasteiger charge is -2.46. The van der Waals surface area contributed by atoms with Crippen molar-refractivity contribution in [3.8, 4) is 11.5 Å². The lowest BCUT2D eigenvalue weighted by molar-refractivity contribution is -0.163. The van der Waals surface area contributed by atoms with E-state index in [4.69, 9.17) is 11.6 Å². The molecule has 10 nitrogen and oxygen atoms in total. The molecule has 5 N–H and O–H groups in total. The van der Waals surface area contributed by atoms with E-state index in [0.29, 0.717) is 11.1 Å². The number of aliphatic hydroxyl groups is 1. The summed E-state index contributed by atoms with van der Waals surface area (Å²) in [7, 11) is 1.65. The Morgan fingerprint density at radius 3 is 2.56 bits per heavy atom. The highest BCUT2D eigenvalue weighted by Crippen LogP contribution is 2.47. The standard InChI is InChI=1S/C21H26ClN3O7/c1-9-12(18(21(31)32)25-17(9)15(10(2)26)20(25)30)7-24(3)8-14(28)23-6-11-4-5-13(27)19(29)16(11)22/h4-5,9-10,15,17,26-27,29H,6-8H2,1-3H3,(H,23,28)(H,31,32)/t9-,10+,15+,17+/m0/s1. The van der Waals surface area contributed by atoms with Gasteiger partial charge in [-0.1, -0.05) is 24.6 Å². The third kappa shape index (κ3) is 4.13. The van der Waals surface area contributed by atoms with Crippen LogP contribution in [0.4, 0.5) is 0 Å². The zero-order valence-electron chi connectivity index (χ0n) is 17.9. The predicted molar refractivity (Wildman–Crippen MR) is 114 cm³/mol. The molecule has 1 aromatic carbocycles. The van der Waals surface area contributed by atoms with Gasteiger partial charge in [0, 0.05) is 19.0 Å². The van der Waals surface area contributed by atoms with Gasteiger partial charge >= 0.3 is 5.97 Å². The Morgan fingerprint density at radius 2 is 1.97 bits per heavy atom. The fourth-order valence-corrected chi connectivity index (χ4v) is 4.65. The van der Waals surface area contributed by atoms with Crippen molar-refractivity contribution in [2.45, 2.75) is 32.5 Å². The SMILES string of the molecule is C[C@@H](O)[C@H]1C(=O)N2C(C(=O)O)=C(CN(C)CC(=O)NCc3ccc(O)c(O)c3Cl)[C@H](C)[C@H]12. The minimum Gasteiger partial charge on any atom is -0.504 e. The van der Waals surface area contributed by atoms with E-state index in [1.165, 1.54) is 24.0 Å². The number of aliphatic carboxylic acids is 1. The molecule has 0 radical (unpaired) electrons. The van der Waals surface area contributed by atoms with Crippen LogP contribution in [0.1, 0.15) is 19.4 Å². The van der Waals surface area contributed by atoms with E-state index in [1.54, 1.807) is 11.9 Å². The van der Waals surface area contributed by atoms with Gasteiger partial charge in [-0.25, -0.2) is 4.79 Å². The molecule has 0 aromatic heterocycles. The topological polar surface area (TPSA) is 151 Å². The van der Waals surface area contributed by atoms with Crippen LogP contribution in [-0.2, 0) is 20.9 Å². The number of halogens is 1. The highest BCUT2D eigenvalue weighted by atomic mass is 35.5. The number of hydrogen-bond donors (Lipinski definition) is 5. The molecular weight excluding hydrogens is 442 g/mol. The number of rotatable bonds is 8. The van der Waals surface area contributed by atoms with Gasteiger partial charge in [-0.2, -0.15) is 0 Å². The van der Waals surface area contributed by atoms with Crippen LogP contribution in [0.15, 0.2) is 23.4 Å². The second-order valence-corrected chi connectivity index (χ2v) is 8.67. The van der Waals surface area contributed by atoms with E-state index in [9.17, 15) is 34.8 Å². The summed E-state index contributed by atoms with van der Waals surface area (Å²) in [6.07, 6.45) is -0.879.